The van der Waals surface area contributed by atoms with Crippen LogP contribution >= 0.6 is 22.9 Å². The summed E-state index contributed by atoms with van der Waals surface area (Å²) in [5.41, 5.74) is 0.182. The van der Waals surface area contributed by atoms with Crippen LogP contribution in [0, 0.1) is 17.0 Å². The molecule has 0 amide bonds. The molecule has 11 heteroatoms. The van der Waals surface area contributed by atoms with Gasteiger partial charge in [0.25, 0.3) is 15.7 Å². The number of nitro groups is 1. The first-order valence-corrected chi connectivity index (χ1v) is 7.83. The van der Waals surface area contributed by atoms with Crippen LogP contribution in [0.4, 0.5) is 5.69 Å². The van der Waals surface area contributed by atoms with E-state index in [1.807, 2.05) is 0 Å². The van der Waals surface area contributed by atoms with Crippen molar-refractivity contribution in [3.63, 3.8) is 0 Å². The molecular weight excluding hydrogens is 330 g/mol. The van der Waals surface area contributed by atoms with Gasteiger partial charge in [-0.1, -0.05) is 16.8 Å². The molecule has 0 radical (unpaired) electrons. The van der Waals surface area contributed by atoms with Gasteiger partial charge in [-0.05, 0) is 6.92 Å². The number of sulfonamides is 1. The maximum atomic E-state index is 12.0. The Hall–Kier alpha value is -1.49. The van der Waals surface area contributed by atoms with Crippen molar-refractivity contribution < 1.29 is 17.9 Å². The van der Waals surface area contributed by atoms with Gasteiger partial charge in [0.15, 0.2) is 10.1 Å². The summed E-state index contributed by atoms with van der Waals surface area (Å²) in [7, 11) is -3.89. The maximum Gasteiger partial charge on any atom is 0.300 e. The number of hydrogen-bond acceptors (Lipinski definition) is 7. The maximum absolute atomic E-state index is 12.0. The van der Waals surface area contributed by atoms with E-state index in [1.165, 1.54) is 0 Å². The molecule has 20 heavy (non-hydrogen) atoms. The van der Waals surface area contributed by atoms with E-state index < -0.39 is 20.6 Å². The van der Waals surface area contributed by atoms with Gasteiger partial charge in [-0.25, -0.2) is 13.1 Å². The van der Waals surface area contributed by atoms with E-state index in [0.29, 0.717) is 22.8 Å². The van der Waals surface area contributed by atoms with E-state index in [-0.39, 0.29) is 15.1 Å². The minimum atomic E-state index is -3.89. The highest BCUT2D eigenvalue weighted by Crippen LogP contribution is 2.36. The average molecular weight is 338 g/mol. The first kappa shape index (κ1) is 14.9. The molecule has 0 saturated heterocycles. The molecule has 0 unspecified atom stereocenters. The molecule has 0 aliphatic rings. The molecule has 108 valence electrons. The number of rotatable bonds is 5. The summed E-state index contributed by atoms with van der Waals surface area (Å²) in [6.07, 6.45) is 0. The Morgan fingerprint density at radius 3 is 2.75 bits per heavy atom. The fourth-order valence-electron chi connectivity index (χ4n) is 1.33. The highest BCUT2D eigenvalue weighted by Gasteiger charge is 2.25. The SMILES string of the molecule is Cc1cc(CNS(=O)(=O)c2cc([N+](=O)[O-])c(Cl)s2)on1. The van der Waals surface area contributed by atoms with Crippen molar-refractivity contribution in [1.29, 1.82) is 0 Å². The minimum absolute atomic E-state index is 0.105. The number of halogens is 1. The molecule has 0 spiro atoms. The highest BCUT2D eigenvalue weighted by molar-refractivity contribution is 7.91. The summed E-state index contributed by atoms with van der Waals surface area (Å²) < 4.78 is 30.6. The molecular formula is C9H8ClN3O5S2. The van der Waals surface area contributed by atoms with Crippen LogP contribution in [-0.2, 0) is 16.6 Å². The lowest BCUT2D eigenvalue weighted by Gasteiger charge is -2.00. The van der Waals surface area contributed by atoms with Crippen LogP contribution in [0.15, 0.2) is 20.9 Å². The van der Waals surface area contributed by atoms with Gasteiger partial charge >= 0.3 is 0 Å². The lowest BCUT2D eigenvalue weighted by atomic mass is 10.4. The van der Waals surface area contributed by atoms with Crippen LogP contribution in [0.3, 0.4) is 0 Å². The third-order valence-electron chi connectivity index (χ3n) is 2.22. The second kappa shape index (κ2) is 5.48. The Bertz CT molecular complexity index is 751. The lowest BCUT2D eigenvalue weighted by Crippen LogP contribution is -2.22. The zero-order valence-electron chi connectivity index (χ0n) is 9.99. The monoisotopic (exact) mass is 337 g/mol. The summed E-state index contributed by atoms with van der Waals surface area (Å²) >= 11 is 6.24. The van der Waals surface area contributed by atoms with Gasteiger partial charge in [-0.15, -0.1) is 11.3 Å². The van der Waals surface area contributed by atoms with E-state index in [1.54, 1.807) is 13.0 Å². The van der Waals surface area contributed by atoms with Gasteiger partial charge in [0.1, 0.15) is 4.21 Å². The fourth-order valence-corrected chi connectivity index (χ4v) is 4.03. The third kappa shape index (κ3) is 3.15. The van der Waals surface area contributed by atoms with Gasteiger partial charge in [0.2, 0.25) is 0 Å². The average Bonchev–Trinajstić information content (AvgIpc) is 2.93. The Morgan fingerprint density at radius 2 is 2.25 bits per heavy atom. The van der Waals surface area contributed by atoms with Crippen LogP contribution < -0.4 is 4.72 Å². The second-order valence-electron chi connectivity index (χ2n) is 3.74. The van der Waals surface area contributed by atoms with Crippen molar-refractivity contribution in [3.05, 3.63) is 38.0 Å². The normalized spacial score (nSPS) is 11.7. The lowest BCUT2D eigenvalue weighted by molar-refractivity contribution is -0.384. The predicted octanol–water partition coefficient (Wildman–Crippen LogP) is 2.08. The van der Waals surface area contributed by atoms with Crippen LogP contribution in [0.2, 0.25) is 4.34 Å². The molecule has 1 N–H and O–H groups in total. The number of aromatic nitrogens is 1. The quantitative estimate of drug-likeness (QED) is 0.659. The first-order chi connectivity index (χ1) is 9.29. The Kier molecular flexibility index (Phi) is 4.09. The largest absolute Gasteiger partial charge is 0.360 e. The van der Waals surface area contributed by atoms with Crippen LogP contribution in [0.25, 0.3) is 0 Å². The molecule has 0 saturated carbocycles. The molecule has 8 nitrogen and oxygen atoms in total. The standard InChI is InChI=1S/C9H8ClN3O5S2/c1-5-2-6(18-12-5)4-11-20(16,17)8-3-7(13(14)15)9(10)19-8/h2-3,11H,4H2,1H3. The van der Waals surface area contributed by atoms with Crippen molar-refractivity contribution in [2.75, 3.05) is 0 Å². The minimum Gasteiger partial charge on any atom is -0.360 e. The smallest absolute Gasteiger partial charge is 0.300 e. The van der Waals surface area contributed by atoms with E-state index in [9.17, 15) is 18.5 Å². The molecule has 2 aromatic heterocycles. The van der Waals surface area contributed by atoms with E-state index in [0.717, 1.165) is 6.07 Å². The summed E-state index contributed by atoms with van der Waals surface area (Å²) in [4.78, 5) is 9.90. The number of nitrogens with zero attached hydrogens (tertiary/aromatic N) is 2. The van der Waals surface area contributed by atoms with Crippen molar-refractivity contribution in [2.45, 2.75) is 17.7 Å². The zero-order chi connectivity index (χ0) is 14.9. The molecule has 0 atom stereocenters. The summed E-state index contributed by atoms with van der Waals surface area (Å²) in [5.74, 6) is 0.336. The Morgan fingerprint density at radius 1 is 1.55 bits per heavy atom. The molecule has 0 aliphatic carbocycles. The Labute approximate surface area is 122 Å². The van der Waals surface area contributed by atoms with Crippen LogP contribution in [0.5, 0.6) is 0 Å². The number of thiophene rings is 1. The summed E-state index contributed by atoms with van der Waals surface area (Å²) in [6.45, 7) is 1.59. The zero-order valence-corrected chi connectivity index (χ0v) is 12.4. The van der Waals surface area contributed by atoms with Crippen LogP contribution in [-0.4, -0.2) is 18.5 Å². The fraction of sp³-hybridized carbons (Fsp3) is 0.222. The van der Waals surface area contributed by atoms with Crippen molar-refractivity contribution in [3.8, 4) is 0 Å². The summed E-state index contributed by atoms with van der Waals surface area (Å²) in [6, 6.07) is 2.49. The van der Waals surface area contributed by atoms with Gasteiger partial charge in [-0.3, -0.25) is 10.1 Å². The van der Waals surface area contributed by atoms with Gasteiger partial charge in [0, 0.05) is 12.1 Å². The molecule has 2 rings (SSSR count). The number of nitrogens with one attached hydrogen (secondary N) is 1. The van der Waals surface area contributed by atoms with E-state index >= 15 is 0 Å². The predicted molar refractivity (Wildman–Crippen MR) is 71.2 cm³/mol. The number of aryl methyl sites for hydroxylation is 1. The van der Waals surface area contributed by atoms with Gasteiger partial charge in [0.05, 0.1) is 17.2 Å². The molecule has 2 aromatic rings. The van der Waals surface area contributed by atoms with Gasteiger partial charge in [-0.2, -0.15) is 0 Å². The second-order valence-corrected chi connectivity index (χ2v) is 7.39. The Balaban J connectivity index is 2.18. The van der Waals surface area contributed by atoms with Crippen molar-refractivity contribution >= 4 is 38.6 Å². The van der Waals surface area contributed by atoms with Gasteiger partial charge < -0.3 is 4.52 Å². The first-order valence-electron chi connectivity index (χ1n) is 5.15. The van der Waals surface area contributed by atoms with Crippen molar-refractivity contribution in [1.82, 2.24) is 9.88 Å². The third-order valence-corrected chi connectivity index (χ3v) is 5.43. The van der Waals surface area contributed by atoms with E-state index in [2.05, 4.69) is 9.88 Å². The number of hydrogen-bond donors (Lipinski definition) is 1. The van der Waals surface area contributed by atoms with Crippen LogP contribution in [0.1, 0.15) is 11.5 Å². The summed E-state index contributed by atoms with van der Waals surface area (Å²) in [5, 5.41) is 14.2. The van der Waals surface area contributed by atoms with E-state index in [4.69, 9.17) is 16.1 Å². The molecule has 2 heterocycles. The topological polar surface area (TPSA) is 115 Å². The molecule has 0 aromatic carbocycles. The van der Waals surface area contributed by atoms with Crippen molar-refractivity contribution in [2.24, 2.45) is 0 Å². The highest BCUT2D eigenvalue weighted by atomic mass is 35.5. The molecule has 0 fully saturated rings. The molecule has 0 aliphatic heterocycles. The molecule has 0 bridgehead atoms.